The first-order valence-electron chi connectivity index (χ1n) is 5.01. The van der Waals surface area contributed by atoms with Crippen LogP contribution in [0.25, 0.3) is 0 Å². The van der Waals surface area contributed by atoms with E-state index in [-0.39, 0.29) is 0 Å². The molecule has 0 aromatic heterocycles. The van der Waals surface area contributed by atoms with Gasteiger partial charge in [-0.25, -0.2) is 0 Å². The van der Waals surface area contributed by atoms with Crippen molar-refractivity contribution in [2.75, 3.05) is 13.1 Å². The van der Waals surface area contributed by atoms with Gasteiger partial charge >= 0.3 is 113 Å². The summed E-state index contributed by atoms with van der Waals surface area (Å²) in [6.07, 6.45) is 0. The van der Waals surface area contributed by atoms with Crippen LogP contribution >= 0.6 is 22.6 Å². The molecule has 0 bridgehead atoms. The molecule has 82 valence electrons. The third-order valence-electron chi connectivity index (χ3n) is 1.89. The van der Waals surface area contributed by atoms with Gasteiger partial charge in [-0.2, -0.15) is 0 Å². The summed E-state index contributed by atoms with van der Waals surface area (Å²) < 4.78 is 2.86. The van der Waals surface area contributed by atoms with Crippen LogP contribution in [0.5, 0.6) is 0 Å². The first-order chi connectivity index (χ1) is 7.22. The molecule has 1 aromatic carbocycles. The molecule has 0 fully saturated rings. The van der Waals surface area contributed by atoms with E-state index in [1.165, 1.54) is 13.6 Å². The molecule has 0 aliphatic heterocycles. The molecule has 1 aromatic rings. The molecule has 3 heteroatoms. The molecule has 0 amide bonds. The number of hydrogen-bond donors (Lipinski definition) is 1. The monoisotopic (exact) mass is 381 g/mol. The predicted octanol–water partition coefficient (Wildman–Crippen LogP) is 2.21. The molecule has 0 saturated heterocycles. The molecule has 0 aliphatic carbocycles. The third kappa shape index (κ3) is 5.71. The van der Waals surface area contributed by atoms with Gasteiger partial charge in [0.25, 0.3) is 0 Å². The minimum absolute atomic E-state index is 0.472. The molecular formula is C12H16INSe. The summed E-state index contributed by atoms with van der Waals surface area (Å²) in [7, 11) is 0. The Hall–Kier alpha value is 0.169. The van der Waals surface area contributed by atoms with Crippen molar-refractivity contribution in [1.82, 2.24) is 5.32 Å². The zero-order valence-electron chi connectivity index (χ0n) is 9.09. The molecule has 15 heavy (non-hydrogen) atoms. The second-order valence-electron chi connectivity index (χ2n) is 3.28. The van der Waals surface area contributed by atoms with Gasteiger partial charge in [-0.05, 0) is 0 Å². The van der Waals surface area contributed by atoms with Gasteiger partial charge in [-0.3, -0.25) is 0 Å². The molecule has 1 N–H and O–H groups in total. The molecule has 0 atom stereocenters. The van der Waals surface area contributed by atoms with Crippen LogP contribution in [-0.4, -0.2) is 28.0 Å². The molecular weight excluding hydrogens is 364 g/mol. The standard InChI is InChI=1S/C12H16INSe/c1-3-14-8-11(13)9-15-12-6-4-10(2)5-7-12/h4-7,9,14H,3,8H2,1-2H3/b11-9-. The SMILES string of the molecule is CCNC/C(I)=C/[Se]c1ccc(C)cc1. The van der Waals surface area contributed by atoms with E-state index in [9.17, 15) is 0 Å². The Morgan fingerprint density at radius 2 is 2.07 bits per heavy atom. The number of likely N-dealkylation sites (N-methyl/N-ethyl adjacent to an activating group) is 1. The summed E-state index contributed by atoms with van der Waals surface area (Å²) in [4.78, 5) is 2.35. The zero-order valence-corrected chi connectivity index (χ0v) is 13.0. The summed E-state index contributed by atoms with van der Waals surface area (Å²) in [6.45, 7) is 6.30. The average Bonchev–Trinajstić information content (AvgIpc) is 2.25. The molecule has 1 nitrogen and oxygen atoms in total. The van der Waals surface area contributed by atoms with Crippen molar-refractivity contribution >= 4 is 42.0 Å². The second kappa shape index (κ2) is 7.44. The van der Waals surface area contributed by atoms with Crippen molar-refractivity contribution in [3.8, 4) is 0 Å². The van der Waals surface area contributed by atoms with Crippen LogP contribution in [0.2, 0.25) is 0 Å². The summed E-state index contributed by atoms with van der Waals surface area (Å²) in [5, 5.41) is 3.33. The summed E-state index contributed by atoms with van der Waals surface area (Å²) in [5.41, 5.74) is 1.33. The summed E-state index contributed by atoms with van der Waals surface area (Å²) >= 11 is 2.88. The number of benzene rings is 1. The summed E-state index contributed by atoms with van der Waals surface area (Å²) in [6, 6.07) is 8.82. The van der Waals surface area contributed by atoms with Crippen molar-refractivity contribution in [2.24, 2.45) is 0 Å². The van der Waals surface area contributed by atoms with Crippen molar-refractivity contribution in [2.45, 2.75) is 13.8 Å². The van der Waals surface area contributed by atoms with Gasteiger partial charge in [-0.1, -0.05) is 0 Å². The molecule has 0 saturated carbocycles. The fourth-order valence-electron chi connectivity index (χ4n) is 1.03. The number of halogens is 1. The van der Waals surface area contributed by atoms with Gasteiger partial charge in [0.1, 0.15) is 0 Å². The normalized spacial score (nSPS) is 11.8. The van der Waals surface area contributed by atoms with Crippen LogP contribution in [0, 0.1) is 6.92 Å². The first-order valence-corrected chi connectivity index (χ1v) is 7.93. The molecule has 0 heterocycles. The maximum atomic E-state index is 3.33. The van der Waals surface area contributed by atoms with Gasteiger partial charge < -0.3 is 0 Å². The fraction of sp³-hybridized carbons (Fsp3) is 0.333. The number of rotatable bonds is 5. The van der Waals surface area contributed by atoms with Crippen LogP contribution in [-0.2, 0) is 0 Å². The van der Waals surface area contributed by atoms with E-state index >= 15 is 0 Å². The van der Waals surface area contributed by atoms with Gasteiger partial charge in [0.05, 0.1) is 0 Å². The van der Waals surface area contributed by atoms with Gasteiger partial charge in [0.2, 0.25) is 0 Å². The maximum absolute atomic E-state index is 3.33. The first kappa shape index (κ1) is 13.2. The Morgan fingerprint density at radius 3 is 2.67 bits per heavy atom. The predicted molar refractivity (Wildman–Crippen MR) is 77.2 cm³/mol. The van der Waals surface area contributed by atoms with E-state index in [0.717, 1.165) is 13.1 Å². The molecule has 0 unspecified atom stereocenters. The van der Waals surface area contributed by atoms with Crippen molar-refractivity contribution < 1.29 is 0 Å². The summed E-state index contributed by atoms with van der Waals surface area (Å²) in [5.74, 6) is 0. The third-order valence-corrected chi connectivity index (χ3v) is 5.52. The Bertz CT molecular complexity index is 319. The zero-order chi connectivity index (χ0) is 11.1. The van der Waals surface area contributed by atoms with Crippen molar-refractivity contribution in [3.63, 3.8) is 0 Å². The number of aryl methyl sites for hydroxylation is 1. The minimum atomic E-state index is 0.472. The van der Waals surface area contributed by atoms with Crippen LogP contribution in [0.3, 0.4) is 0 Å². The van der Waals surface area contributed by atoms with Gasteiger partial charge in [0.15, 0.2) is 0 Å². The van der Waals surface area contributed by atoms with Crippen molar-refractivity contribution in [1.29, 1.82) is 0 Å². The Morgan fingerprint density at radius 1 is 1.40 bits per heavy atom. The quantitative estimate of drug-likeness (QED) is 0.611. The van der Waals surface area contributed by atoms with Crippen LogP contribution < -0.4 is 9.78 Å². The number of nitrogens with one attached hydrogen (secondary N) is 1. The average molecular weight is 380 g/mol. The molecule has 1 rings (SSSR count). The van der Waals surface area contributed by atoms with Crippen LogP contribution in [0.1, 0.15) is 12.5 Å². The Labute approximate surface area is 112 Å². The second-order valence-corrected chi connectivity index (χ2v) is 6.64. The Kier molecular flexibility index (Phi) is 6.57. The molecule has 0 radical (unpaired) electrons. The number of hydrogen-bond acceptors (Lipinski definition) is 1. The van der Waals surface area contributed by atoms with E-state index in [1.54, 1.807) is 0 Å². The molecule has 0 aliphatic rings. The van der Waals surface area contributed by atoms with E-state index in [4.69, 9.17) is 0 Å². The van der Waals surface area contributed by atoms with E-state index in [0.29, 0.717) is 15.0 Å². The van der Waals surface area contributed by atoms with E-state index in [1.807, 2.05) is 0 Å². The van der Waals surface area contributed by atoms with Crippen LogP contribution in [0.15, 0.2) is 32.8 Å². The van der Waals surface area contributed by atoms with Gasteiger partial charge in [0, 0.05) is 0 Å². The van der Waals surface area contributed by atoms with Gasteiger partial charge in [-0.15, -0.1) is 0 Å². The van der Waals surface area contributed by atoms with E-state index in [2.05, 4.69) is 71.0 Å². The Balaban J connectivity index is 2.45. The fourth-order valence-corrected chi connectivity index (χ4v) is 3.31. The van der Waals surface area contributed by atoms with Crippen LogP contribution in [0.4, 0.5) is 0 Å². The van der Waals surface area contributed by atoms with E-state index < -0.39 is 0 Å². The molecule has 0 spiro atoms. The van der Waals surface area contributed by atoms with Crippen molar-refractivity contribution in [3.05, 3.63) is 38.4 Å². The topological polar surface area (TPSA) is 12.0 Å².